The first-order chi connectivity index (χ1) is 19.3. The van der Waals surface area contributed by atoms with E-state index in [1.807, 2.05) is 55.4 Å². The van der Waals surface area contributed by atoms with Crippen LogP contribution in [0.2, 0.25) is 0 Å². The molecule has 0 unspecified atom stereocenters. The van der Waals surface area contributed by atoms with Crippen LogP contribution in [0.4, 0.5) is 0 Å². The molecule has 0 fully saturated rings. The molecule has 0 atom stereocenters. The molecule has 0 aliphatic heterocycles. The van der Waals surface area contributed by atoms with Crippen LogP contribution in [-0.4, -0.2) is 9.13 Å². The largest absolute Gasteiger partial charge is 0.341 e. The Balaban J connectivity index is 0.000000614. The molecule has 6 aromatic rings. The van der Waals surface area contributed by atoms with Crippen LogP contribution in [0.25, 0.3) is 43.6 Å². The van der Waals surface area contributed by atoms with Crippen molar-refractivity contribution < 1.29 is 0 Å². The van der Waals surface area contributed by atoms with Crippen LogP contribution >= 0.6 is 0 Å². The van der Waals surface area contributed by atoms with Crippen molar-refractivity contribution in [2.45, 2.75) is 88.7 Å². The maximum Gasteiger partial charge on any atom is 0.0491 e. The van der Waals surface area contributed by atoms with E-state index in [0.717, 1.165) is 19.5 Å². The van der Waals surface area contributed by atoms with Gasteiger partial charge in [-0.15, -0.1) is 0 Å². The minimum atomic E-state index is 0.948. The lowest BCUT2D eigenvalue weighted by Crippen LogP contribution is -1.94. The third kappa shape index (κ3) is 6.22. The van der Waals surface area contributed by atoms with E-state index in [1.165, 1.54) is 54.7 Å². The summed E-state index contributed by atoms with van der Waals surface area (Å²) in [5.41, 5.74) is 8.04. The number of benzene rings is 4. The highest BCUT2D eigenvalue weighted by atomic mass is 15.0. The van der Waals surface area contributed by atoms with Crippen LogP contribution in [0, 0.1) is 0 Å². The molecule has 0 saturated carbocycles. The van der Waals surface area contributed by atoms with Crippen molar-refractivity contribution in [2.24, 2.45) is 0 Å². The first-order valence-electron chi connectivity index (χ1n) is 15.3. The first kappa shape index (κ1) is 31.7. The number of aryl methyl sites for hydroxylation is 2. The quantitative estimate of drug-likeness (QED) is 0.218. The van der Waals surface area contributed by atoms with E-state index in [4.69, 9.17) is 0 Å². The van der Waals surface area contributed by atoms with Crippen molar-refractivity contribution >= 4 is 43.6 Å². The van der Waals surface area contributed by atoms with Gasteiger partial charge in [0.05, 0.1) is 0 Å². The monoisotopic (exact) mass is 522 g/mol. The van der Waals surface area contributed by atoms with Crippen molar-refractivity contribution in [1.29, 1.82) is 0 Å². The van der Waals surface area contributed by atoms with Crippen LogP contribution in [0.3, 0.4) is 0 Å². The third-order valence-corrected chi connectivity index (χ3v) is 6.71. The van der Waals surface area contributed by atoms with Crippen molar-refractivity contribution in [1.82, 2.24) is 9.13 Å². The molecule has 0 bridgehead atoms. The van der Waals surface area contributed by atoms with Crippen LogP contribution in [0.15, 0.2) is 84.9 Å². The van der Waals surface area contributed by atoms with Crippen molar-refractivity contribution in [2.75, 3.05) is 0 Å². The molecular weight excluding hydrogens is 472 g/mol. The summed E-state index contributed by atoms with van der Waals surface area (Å²) in [4.78, 5) is 0. The second kappa shape index (κ2) is 15.8. The smallest absolute Gasteiger partial charge is 0.0491 e. The second-order valence-electron chi connectivity index (χ2n) is 8.40. The predicted octanol–water partition coefficient (Wildman–Crippen LogP) is 11.6. The van der Waals surface area contributed by atoms with Gasteiger partial charge in [0.15, 0.2) is 0 Å². The van der Waals surface area contributed by atoms with Crippen molar-refractivity contribution in [3.05, 3.63) is 96.1 Å². The zero-order valence-corrected chi connectivity index (χ0v) is 26.1. The number of hydrogen-bond acceptors (Lipinski definition) is 0. The van der Waals surface area contributed by atoms with E-state index in [-0.39, 0.29) is 0 Å². The summed E-state index contributed by atoms with van der Waals surface area (Å²) < 4.78 is 4.83. The second-order valence-corrected chi connectivity index (χ2v) is 8.40. The molecule has 2 nitrogen and oxygen atoms in total. The SMILES string of the molecule is CC.CC.CC.CC.CCn1c2ccccc2c2cc(Cc3ccc4c(c3)c3ccccc3n4CC)ccc21. The molecule has 39 heavy (non-hydrogen) atoms. The summed E-state index contributed by atoms with van der Waals surface area (Å²) in [6, 6.07) is 31.5. The molecule has 0 spiro atoms. The molecule has 2 heteroatoms. The van der Waals surface area contributed by atoms with Gasteiger partial charge in [-0.1, -0.05) is 104 Å². The highest BCUT2D eigenvalue weighted by molar-refractivity contribution is 6.09. The number of para-hydroxylation sites is 2. The summed E-state index contributed by atoms with van der Waals surface area (Å²) in [5, 5.41) is 5.42. The van der Waals surface area contributed by atoms with Crippen LogP contribution < -0.4 is 0 Å². The molecule has 0 N–H and O–H groups in total. The lowest BCUT2D eigenvalue weighted by Gasteiger charge is -2.06. The Morgan fingerprint density at radius 2 is 0.744 bits per heavy atom. The number of aromatic nitrogens is 2. The maximum absolute atomic E-state index is 2.42. The van der Waals surface area contributed by atoms with Gasteiger partial charge in [-0.3, -0.25) is 0 Å². The van der Waals surface area contributed by atoms with E-state index in [9.17, 15) is 0 Å². The topological polar surface area (TPSA) is 9.86 Å². The normalized spacial score (nSPS) is 10.1. The van der Waals surface area contributed by atoms with Gasteiger partial charge in [0.1, 0.15) is 0 Å². The van der Waals surface area contributed by atoms with Gasteiger partial charge in [0.2, 0.25) is 0 Å². The van der Waals surface area contributed by atoms with Gasteiger partial charge in [0.25, 0.3) is 0 Å². The minimum Gasteiger partial charge on any atom is -0.341 e. The summed E-state index contributed by atoms with van der Waals surface area (Å²) >= 11 is 0. The fraction of sp³-hybridized carbons (Fsp3) is 0.351. The predicted molar refractivity (Wildman–Crippen MR) is 178 cm³/mol. The van der Waals surface area contributed by atoms with Gasteiger partial charge < -0.3 is 9.13 Å². The summed E-state index contributed by atoms with van der Waals surface area (Å²) in [6.07, 6.45) is 0.948. The Kier molecular flexibility index (Phi) is 12.8. The van der Waals surface area contributed by atoms with E-state index < -0.39 is 0 Å². The van der Waals surface area contributed by atoms with Gasteiger partial charge in [0, 0.05) is 56.7 Å². The zero-order valence-electron chi connectivity index (χ0n) is 26.1. The molecule has 6 rings (SSSR count). The number of rotatable bonds is 4. The average Bonchev–Trinajstić information content (AvgIpc) is 3.52. The van der Waals surface area contributed by atoms with Crippen LogP contribution in [0.1, 0.15) is 80.4 Å². The lowest BCUT2D eigenvalue weighted by molar-refractivity contribution is 0.827. The van der Waals surface area contributed by atoms with Crippen LogP contribution in [0.5, 0.6) is 0 Å². The fourth-order valence-electron chi connectivity index (χ4n) is 5.34. The first-order valence-corrected chi connectivity index (χ1v) is 15.3. The molecule has 2 heterocycles. The third-order valence-electron chi connectivity index (χ3n) is 6.71. The molecule has 0 saturated heterocycles. The maximum atomic E-state index is 2.42. The summed E-state index contributed by atoms with van der Waals surface area (Å²) in [7, 11) is 0. The fourth-order valence-corrected chi connectivity index (χ4v) is 5.34. The Morgan fingerprint density at radius 3 is 1.10 bits per heavy atom. The Labute approximate surface area is 237 Å². The molecule has 0 radical (unpaired) electrons. The average molecular weight is 523 g/mol. The molecule has 0 amide bonds. The Morgan fingerprint density at radius 1 is 0.410 bits per heavy atom. The highest BCUT2D eigenvalue weighted by Gasteiger charge is 2.12. The summed E-state index contributed by atoms with van der Waals surface area (Å²) in [5.74, 6) is 0. The van der Waals surface area contributed by atoms with E-state index in [2.05, 4.69) is 108 Å². The molecule has 0 aliphatic rings. The van der Waals surface area contributed by atoms with E-state index >= 15 is 0 Å². The van der Waals surface area contributed by atoms with E-state index in [1.54, 1.807) is 0 Å². The van der Waals surface area contributed by atoms with Crippen molar-refractivity contribution in [3.8, 4) is 0 Å². The number of hydrogen-bond donors (Lipinski definition) is 0. The van der Waals surface area contributed by atoms with Crippen LogP contribution in [-0.2, 0) is 19.5 Å². The molecule has 208 valence electrons. The zero-order chi connectivity index (χ0) is 28.9. The van der Waals surface area contributed by atoms with Gasteiger partial charge in [-0.05, 0) is 67.8 Å². The van der Waals surface area contributed by atoms with Crippen molar-refractivity contribution in [3.63, 3.8) is 0 Å². The molecule has 0 aliphatic carbocycles. The lowest BCUT2D eigenvalue weighted by atomic mass is 10.0. The van der Waals surface area contributed by atoms with Gasteiger partial charge in [-0.2, -0.15) is 0 Å². The molecule has 4 aromatic carbocycles. The summed E-state index contributed by atoms with van der Waals surface area (Å²) in [6.45, 7) is 22.4. The van der Waals surface area contributed by atoms with E-state index in [0.29, 0.717) is 0 Å². The molecular formula is C37H50N2. The molecule has 2 aromatic heterocycles. The number of fused-ring (bicyclic) bond motifs is 6. The standard InChI is InChI=1S/C29H26N2.4C2H6/c1-3-30-26-11-7-5-9-22(26)24-18-20(13-15-28(24)30)17-21-14-16-29-25(19-21)23-10-6-8-12-27(23)31(29)4-2;4*1-2/h5-16,18-19H,3-4,17H2,1-2H3;4*1-2H3. The van der Waals surface area contributed by atoms with Gasteiger partial charge in [-0.25, -0.2) is 0 Å². The Bertz CT molecular complexity index is 1460. The number of nitrogens with zero attached hydrogens (tertiary/aromatic N) is 2. The highest BCUT2D eigenvalue weighted by Crippen LogP contribution is 2.32. The van der Waals surface area contributed by atoms with Gasteiger partial charge >= 0.3 is 0 Å². The Hall–Kier alpha value is -3.52. The minimum absolute atomic E-state index is 0.948.